The van der Waals surface area contributed by atoms with E-state index >= 15 is 0 Å². The van der Waals surface area contributed by atoms with E-state index in [1.165, 1.54) is 19.3 Å². The molecule has 1 aromatic rings. The molecule has 7 heteroatoms. The summed E-state index contributed by atoms with van der Waals surface area (Å²) in [4.78, 5) is 29.3. The Hall–Kier alpha value is -1.56. The van der Waals surface area contributed by atoms with Gasteiger partial charge in [0.1, 0.15) is 0 Å². The third-order valence-corrected chi connectivity index (χ3v) is 6.60. The first-order chi connectivity index (χ1) is 12.0. The Morgan fingerprint density at radius 3 is 2.60 bits per heavy atom. The second-order valence-corrected chi connectivity index (χ2v) is 8.15. The summed E-state index contributed by atoms with van der Waals surface area (Å²) in [6.45, 7) is 3.89. The van der Waals surface area contributed by atoms with E-state index < -0.39 is 0 Å². The lowest BCUT2D eigenvalue weighted by molar-refractivity contribution is -0.143. The van der Waals surface area contributed by atoms with Crippen molar-refractivity contribution in [3.05, 3.63) is 16.9 Å². The predicted molar refractivity (Wildman–Crippen MR) is 94.0 cm³/mol. The normalized spacial score (nSPS) is 31.2. The van der Waals surface area contributed by atoms with Gasteiger partial charge in [0.15, 0.2) is 0 Å². The number of hydrogen-bond acceptors (Lipinski definition) is 3. The molecule has 1 saturated heterocycles. The SMILES string of the molecule is CC1CN(C(=O)Cc2c(Cl)cnn2C)CCN1C(=O)C1[C@H]2CCC[C@@H]12. The molecule has 0 bridgehead atoms. The summed E-state index contributed by atoms with van der Waals surface area (Å²) in [5.41, 5.74) is 0.739. The van der Waals surface area contributed by atoms with Crippen LogP contribution in [0.4, 0.5) is 0 Å². The van der Waals surface area contributed by atoms with Gasteiger partial charge in [0.2, 0.25) is 11.8 Å². The van der Waals surface area contributed by atoms with Crippen molar-refractivity contribution in [1.29, 1.82) is 0 Å². The van der Waals surface area contributed by atoms with Crippen LogP contribution in [0.1, 0.15) is 31.9 Å². The molecule has 4 atom stereocenters. The summed E-state index contributed by atoms with van der Waals surface area (Å²) in [6, 6.07) is 0.0773. The first-order valence-electron chi connectivity index (χ1n) is 9.22. The number of halogens is 1. The maximum atomic E-state index is 12.8. The highest BCUT2D eigenvalue weighted by Crippen LogP contribution is 2.58. The summed E-state index contributed by atoms with van der Waals surface area (Å²) in [5.74, 6) is 1.93. The largest absolute Gasteiger partial charge is 0.339 e. The maximum Gasteiger partial charge on any atom is 0.228 e. The Morgan fingerprint density at radius 1 is 1.28 bits per heavy atom. The summed E-state index contributed by atoms with van der Waals surface area (Å²) in [5, 5.41) is 4.61. The molecule has 3 fully saturated rings. The fraction of sp³-hybridized carbons (Fsp3) is 0.722. The minimum Gasteiger partial charge on any atom is -0.339 e. The van der Waals surface area contributed by atoms with Crippen molar-refractivity contribution in [1.82, 2.24) is 19.6 Å². The van der Waals surface area contributed by atoms with Gasteiger partial charge in [-0.2, -0.15) is 5.10 Å². The number of aryl methyl sites for hydroxylation is 1. The Morgan fingerprint density at radius 2 is 2.00 bits per heavy atom. The Kier molecular flexibility index (Phi) is 4.26. The number of amides is 2. The molecule has 2 heterocycles. The van der Waals surface area contributed by atoms with Crippen LogP contribution in [0.25, 0.3) is 0 Å². The average Bonchev–Trinajstić information content (AvgIpc) is 2.89. The third kappa shape index (κ3) is 2.94. The third-order valence-electron chi connectivity index (χ3n) is 6.28. The molecule has 0 aromatic carbocycles. The topological polar surface area (TPSA) is 58.4 Å². The van der Waals surface area contributed by atoms with Crippen molar-refractivity contribution < 1.29 is 9.59 Å². The van der Waals surface area contributed by atoms with Gasteiger partial charge in [-0.05, 0) is 31.6 Å². The van der Waals surface area contributed by atoms with E-state index in [-0.39, 0.29) is 24.3 Å². The molecule has 2 saturated carbocycles. The van der Waals surface area contributed by atoms with Crippen molar-refractivity contribution >= 4 is 23.4 Å². The second-order valence-electron chi connectivity index (χ2n) is 7.74. The molecule has 136 valence electrons. The van der Waals surface area contributed by atoms with Crippen molar-refractivity contribution in [3.8, 4) is 0 Å². The average molecular weight is 365 g/mol. The molecule has 1 aliphatic heterocycles. The number of hydrogen-bond donors (Lipinski definition) is 0. The number of rotatable bonds is 3. The molecule has 0 spiro atoms. The Labute approximate surface area is 153 Å². The van der Waals surface area contributed by atoms with Gasteiger partial charge in [-0.15, -0.1) is 0 Å². The molecule has 3 aliphatic rings. The number of fused-ring (bicyclic) bond motifs is 1. The zero-order valence-corrected chi connectivity index (χ0v) is 15.6. The van der Waals surface area contributed by atoms with Gasteiger partial charge in [0.05, 0.1) is 23.3 Å². The van der Waals surface area contributed by atoms with E-state index in [0.29, 0.717) is 42.4 Å². The van der Waals surface area contributed by atoms with Crippen molar-refractivity contribution in [3.63, 3.8) is 0 Å². The highest BCUT2D eigenvalue weighted by atomic mass is 35.5. The van der Waals surface area contributed by atoms with Gasteiger partial charge in [0, 0.05) is 38.6 Å². The minimum atomic E-state index is 0.0488. The number of aromatic nitrogens is 2. The number of piperazine rings is 1. The molecule has 0 radical (unpaired) electrons. The summed E-state index contributed by atoms with van der Waals surface area (Å²) in [6.07, 6.45) is 5.55. The van der Waals surface area contributed by atoms with E-state index in [1.54, 1.807) is 17.9 Å². The summed E-state index contributed by atoms with van der Waals surface area (Å²) < 4.78 is 1.65. The molecule has 1 aromatic heterocycles. The standard InChI is InChI=1S/C18H25ClN4O2/c1-11-10-22(16(24)8-15-14(19)9-20-21(15)2)6-7-23(11)18(25)17-12-4-3-5-13(12)17/h9,11-13,17H,3-8,10H2,1-2H3/t11?,12-,13+,17?. The quantitative estimate of drug-likeness (QED) is 0.820. The van der Waals surface area contributed by atoms with Crippen LogP contribution < -0.4 is 0 Å². The van der Waals surface area contributed by atoms with Gasteiger partial charge in [-0.25, -0.2) is 0 Å². The number of carbonyl (C=O) groups excluding carboxylic acids is 2. The van der Waals surface area contributed by atoms with Gasteiger partial charge in [-0.1, -0.05) is 18.0 Å². The molecule has 4 rings (SSSR count). The van der Waals surface area contributed by atoms with Crippen molar-refractivity contribution in [2.24, 2.45) is 24.8 Å². The van der Waals surface area contributed by atoms with Crippen LogP contribution in [0, 0.1) is 17.8 Å². The number of carbonyl (C=O) groups is 2. The van der Waals surface area contributed by atoms with Crippen LogP contribution in [0.5, 0.6) is 0 Å². The van der Waals surface area contributed by atoms with Crippen LogP contribution in [-0.4, -0.2) is 57.1 Å². The maximum absolute atomic E-state index is 12.8. The van der Waals surface area contributed by atoms with Gasteiger partial charge >= 0.3 is 0 Å². The number of nitrogens with zero attached hydrogens (tertiary/aromatic N) is 4. The molecular weight excluding hydrogens is 340 g/mol. The summed E-state index contributed by atoms with van der Waals surface area (Å²) in [7, 11) is 1.79. The highest BCUT2D eigenvalue weighted by Gasteiger charge is 2.58. The molecular formula is C18H25ClN4O2. The first-order valence-corrected chi connectivity index (χ1v) is 9.59. The summed E-state index contributed by atoms with van der Waals surface area (Å²) >= 11 is 6.10. The monoisotopic (exact) mass is 364 g/mol. The lowest BCUT2D eigenvalue weighted by Crippen LogP contribution is -2.56. The second kappa shape index (κ2) is 6.31. The van der Waals surface area contributed by atoms with Crippen LogP contribution in [0.2, 0.25) is 5.02 Å². The highest BCUT2D eigenvalue weighted by molar-refractivity contribution is 6.31. The van der Waals surface area contributed by atoms with E-state index in [4.69, 9.17) is 11.6 Å². The Balaban J connectivity index is 1.35. The molecule has 25 heavy (non-hydrogen) atoms. The molecule has 2 amide bonds. The smallest absolute Gasteiger partial charge is 0.228 e. The zero-order valence-electron chi connectivity index (χ0n) is 14.8. The van der Waals surface area contributed by atoms with Crippen LogP contribution >= 0.6 is 11.6 Å². The fourth-order valence-electron chi connectivity index (χ4n) is 4.78. The molecule has 6 nitrogen and oxygen atoms in total. The van der Waals surface area contributed by atoms with Crippen molar-refractivity contribution in [2.45, 2.75) is 38.6 Å². The minimum absolute atomic E-state index is 0.0488. The fourth-order valence-corrected chi connectivity index (χ4v) is 5.01. The van der Waals surface area contributed by atoms with E-state index in [1.807, 2.05) is 16.7 Å². The Bertz CT molecular complexity index is 674. The molecule has 0 N–H and O–H groups in total. The van der Waals surface area contributed by atoms with E-state index in [9.17, 15) is 9.59 Å². The van der Waals surface area contributed by atoms with Gasteiger partial charge < -0.3 is 9.80 Å². The van der Waals surface area contributed by atoms with Crippen molar-refractivity contribution in [2.75, 3.05) is 19.6 Å². The van der Waals surface area contributed by atoms with Crippen LogP contribution in [0.3, 0.4) is 0 Å². The van der Waals surface area contributed by atoms with E-state index in [0.717, 1.165) is 5.69 Å². The van der Waals surface area contributed by atoms with Gasteiger partial charge in [-0.3, -0.25) is 14.3 Å². The molecule has 2 unspecified atom stereocenters. The lowest BCUT2D eigenvalue weighted by atomic mass is 10.1. The van der Waals surface area contributed by atoms with Crippen LogP contribution in [-0.2, 0) is 23.1 Å². The van der Waals surface area contributed by atoms with Crippen LogP contribution in [0.15, 0.2) is 6.20 Å². The van der Waals surface area contributed by atoms with Gasteiger partial charge in [0.25, 0.3) is 0 Å². The first kappa shape index (κ1) is 16.9. The lowest BCUT2D eigenvalue weighted by Gasteiger charge is -2.40. The molecule has 2 aliphatic carbocycles. The predicted octanol–water partition coefficient (Wildman–Crippen LogP) is 1.72. The zero-order chi connectivity index (χ0) is 17.7. The van der Waals surface area contributed by atoms with E-state index in [2.05, 4.69) is 5.10 Å².